The van der Waals surface area contributed by atoms with Crippen molar-refractivity contribution in [3.63, 3.8) is 0 Å². The second kappa shape index (κ2) is 6.74. The van der Waals surface area contributed by atoms with Crippen LogP contribution >= 0.6 is 0 Å². The summed E-state index contributed by atoms with van der Waals surface area (Å²) in [6, 6.07) is 8.26. The first kappa shape index (κ1) is 15.5. The Kier molecular flexibility index (Phi) is 4.99. The first-order chi connectivity index (χ1) is 10.0. The third-order valence-corrected chi connectivity index (χ3v) is 4.25. The first-order valence-electron chi connectivity index (χ1n) is 7.64. The molecule has 2 rings (SSSR count). The summed E-state index contributed by atoms with van der Waals surface area (Å²) in [6.07, 6.45) is 3.99. The SMILES string of the molecule is CC(=O)NCCNC(=O)C1(c2cccc(C)c2)CCCC1. The average molecular weight is 288 g/mol. The molecule has 2 amide bonds. The van der Waals surface area contributed by atoms with Gasteiger partial charge in [0.15, 0.2) is 0 Å². The molecule has 0 saturated heterocycles. The number of benzene rings is 1. The standard InChI is InChI=1S/C17H24N2O2/c1-13-6-5-7-15(12-13)17(8-3-4-9-17)16(21)19-11-10-18-14(2)20/h5-7,12H,3-4,8-11H2,1-2H3,(H,18,20)(H,19,21). The summed E-state index contributed by atoms with van der Waals surface area (Å²) in [7, 11) is 0. The highest BCUT2D eigenvalue weighted by Gasteiger charge is 2.42. The van der Waals surface area contributed by atoms with Gasteiger partial charge >= 0.3 is 0 Å². The van der Waals surface area contributed by atoms with Gasteiger partial charge in [0.05, 0.1) is 5.41 Å². The lowest BCUT2D eigenvalue weighted by Gasteiger charge is -2.28. The predicted molar refractivity (Wildman–Crippen MR) is 83.0 cm³/mol. The minimum Gasteiger partial charge on any atom is -0.355 e. The molecular formula is C17H24N2O2. The maximum absolute atomic E-state index is 12.7. The normalized spacial score (nSPS) is 16.5. The minimum absolute atomic E-state index is 0.0708. The zero-order chi connectivity index (χ0) is 15.3. The van der Waals surface area contributed by atoms with Gasteiger partial charge in [-0.1, -0.05) is 42.7 Å². The van der Waals surface area contributed by atoms with E-state index in [1.165, 1.54) is 12.5 Å². The van der Waals surface area contributed by atoms with Gasteiger partial charge in [-0.15, -0.1) is 0 Å². The fourth-order valence-electron chi connectivity index (χ4n) is 3.15. The summed E-state index contributed by atoms with van der Waals surface area (Å²) in [5.41, 5.74) is 1.92. The van der Waals surface area contributed by atoms with E-state index in [1.807, 2.05) is 6.07 Å². The Morgan fingerprint density at radius 2 is 1.81 bits per heavy atom. The number of nitrogens with one attached hydrogen (secondary N) is 2. The number of aryl methyl sites for hydroxylation is 1. The molecule has 0 spiro atoms. The molecule has 4 heteroatoms. The molecule has 0 heterocycles. The van der Waals surface area contributed by atoms with Crippen LogP contribution < -0.4 is 10.6 Å². The second-order valence-corrected chi connectivity index (χ2v) is 5.90. The van der Waals surface area contributed by atoms with Crippen molar-refractivity contribution in [3.8, 4) is 0 Å². The molecule has 1 aliphatic carbocycles. The second-order valence-electron chi connectivity index (χ2n) is 5.90. The van der Waals surface area contributed by atoms with Gasteiger partial charge in [-0.25, -0.2) is 0 Å². The van der Waals surface area contributed by atoms with Crippen molar-refractivity contribution in [2.24, 2.45) is 0 Å². The maximum Gasteiger partial charge on any atom is 0.230 e. The van der Waals surface area contributed by atoms with Crippen LogP contribution in [0.3, 0.4) is 0 Å². The van der Waals surface area contributed by atoms with Gasteiger partial charge in [-0.3, -0.25) is 9.59 Å². The Morgan fingerprint density at radius 3 is 2.43 bits per heavy atom. The molecule has 0 atom stereocenters. The number of hydrogen-bond donors (Lipinski definition) is 2. The van der Waals surface area contributed by atoms with Crippen molar-refractivity contribution in [1.82, 2.24) is 10.6 Å². The molecule has 1 aliphatic rings. The van der Waals surface area contributed by atoms with Crippen LogP contribution in [0.1, 0.15) is 43.7 Å². The molecule has 0 unspecified atom stereocenters. The first-order valence-corrected chi connectivity index (χ1v) is 7.64. The molecule has 1 aromatic carbocycles. The van der Waals surface area contributed by atoms with Crippen molar-refractivity contribution in [2.45, 2.75) is 44.9 Å². The average Bonchev–Trinajstić information content (AvgIpc) is 2.94. The van der Waals surface area contributed by atoms with Crippen molar-refractivity contribution >= 4 is 11.8 Å². The van der Waals surface area contributed by atoms with E-state index in [0.29, 0.717) is 13.1 Å². The molecule has 0 bridgehead atoms. The largest absolute Gasteiger partial charge is 0.355 e. The van der Waals surface area contributed by atoms with Crippen molar-refractivity contribution in [2.75, 3.05) is 13.1 Å². The van der Waals surface area contributed by atoms with Crippen LogP contribution in [0.15, 0.2) is 24.3 Å². The van der Waals surface area contributed by atoms with Gasteiger partial charge in [-0.2, -0.15) is 0 Å². The number of hydrogen-bond acceptors (Lipinski definition) is 2. The van der Waals surface area contributed by atoms with E-state index in [1.54, 1.807) is 0 Å². The molecule has 21 heavy (non-hydrogen) atoms. The third-order valence-electron chi connectivity index (χ3n) is 4.25. The summed E-state index contributed by atoms with van der Waals surface area (Å²) in [5, 5.41) is 5.68. The third kappa shape index (κ3) is 3.63. The summed E-state index contributed by atoms with van der Waals surface area (Å²) < 4.78 is 0. The van der Waals surface area contributed by atoms with E-state index in [-0.39, 0.29) is 17.2 Å². The van der Waals surface area contributed by atoms with Crippen LogP contribution in [-0.2, 0) is 15.0 Å². The van der Waals surface area contributed by atoms with Crippen LogP contribution in [0.4, 0.5) is 0 Å². The number of rotatable bonds is 5. The Bertz CT molecular complexity index is 519. The fraction of sp³-hybridized carbons (Fsp3) is 0.529. The van der Waals surface area contributed by atoms with Crippen LogP contribution in [0, 0.1) is 6.92 Å². The van der Waals surface area contributed by atoms with E-state index in [0.717, 1.165) is 31.2 Å². The highest BCUT2D eigenvalue weighted by atomic mass is 16.2. The van der Waals surface area contributed by atoms with Gasteiger partial charge < -0.3 is 10.6 Å². The highest BCUT2D eigenvalue weighted by molar-refractivity contribution is 5.88. The van der Waals surface area contributed by atoms with E-state index in [2.05, 4.69) is 35.8 Å². The summed E-state index contributed by atoms with van der Waals surface area (Å²) in [6.45, 7) is 4.49. The molecule has 114 valence electrons. The predicted octanol–water partition coefficient (Wildman–Crippen LogP) is 2.06. The Balaban J connectivity index is 2.07. The lowest BCUT2D eigenvalue weighted by Crippen LogP contribution is -2.45. The molecule has 0 radical (unpaired) electrons. The molecule has 0 aliphatic heterocycles. The topological polar surface area (TPSA) is 58.2 Å². The maximum atomic E-state index is 12.7. The van der Waals surface area contributed by atoms with E-state index < -0.39 is 0 Å². The van der Waals surface area contributed by atoms with Crippen molar-refractivity contribution in [3.05, 3.63) is 35.4 Å². The van der Waals surface area contributed by atoms with Gasteiger partial charge in [0.25, 0.3) is 0 Å². The lowest BCUT2D eigenvalue weighted by molar-refractivity contribution is -0.127. The molecule has 2 N–H and O–H groups in total. The Labute approximate surface area is 126 Å². The van der Waals surface area contributed by atoms with Crippen LogP contribution in [0.5, 0.6) is 0 Å². The van der Waals surface area contributed by atoms with E-state index in [4.69, 9.17) is 0 Å². The van der Waals surface area contributed by atoms with Crippen molar-refractivity contribution in [1.29, 1.82) is 0 Å². The van der Waals surface area contributed by atoms with E-state index in [9.17, 15) is 9.59 Å². The van der Waals surface area contributed by atoms with Crippen LogP contribution in [0.25, 0.3) is 0 Å². The summed E-state index contributed by atoms with van der Waals surface area (Å²) in [4.78, 5) is 23.5. The zero-order valence-electron chi connectivity index (χ0n) is 12.9. The monoisotopic (exact) mass is 288 g/mol. The van der Waals surface area contributed by atoms with Crippen molar-refractivity contribution < 1.29 is 9.59 Å². The lowest BCUT2D eigenvalue weighted by atomic mass is 9.77. The molecule has 1 aromatic rings. The van der Waals surface area contributed by atoms with Crippen LogP contribution in [-0.4, -0.2) is 24.9 Å². The number of carbonyl (C=O) groups excluding carboxylic acids is 2. The highest BCUT2D eigenvalue weighted by Crippen LogP contribution is 2.41. The number of carbonyl (C=O) groups is 2. The van der Waals surface area contributed by atoms with Gasteiger partial charge in [0, 0.05) is 20.0 Å². The molecule has 4 nitrogen and oxygen atoms in total. The van der Waals surface area contributed by atoms with Gasteiger partial charge in [0.2, 0.25) is 11.8 Å². The summed E-state index contributed by atoms with van der Waals surface area (Å²) in [5.74, 6) is 0.0227. The Morgan fingerprint density at radius 1 is 1.14 bits per heavy atom. The van der Waals surface area contributed by atoms with Gasteiger partial charge in [0.1, 0.15) is 0 Å². The van der Waals surface area contributed by atoms with Crippen LogP contribution in [0.2, 0.25) is 0 Å². The smallest absolute Gasteiger partial charge is 0.230 e. The van der Waals surface area contributed by atoms with Gasteiger partial charge in [-0.05, 0) is 25.3 Å². The Hall–Kier alpha value is -1.84. The minimum atomic E-state index is -0.387. The molecule has 1 saturated carbocycles. The number of amides is 2. The zero-order valence-corrected chi connectivity index (χ0v) is 12.9. The molecule has 1 fully saturated rings. The van der Waals surface area contributed by atoms with E-state index >= 15 is 0 Å². The molecule has 0 aromatic heterocycles. The summed E-state index contributed by atoms with van der Waals surface area (Å²) >= 11 is 0. The fourth-order valence-corrected chi connectivity index (χ4v) is 3.15. The quantitative estimate of drug-likeness (QED) is 0.815. The molecular weight excluding hydrogens is 264 g/mol.